The summed E-state index contributed by atoms with van der Waals surface area (Å²) in [6.07, 6.45) is 3.28. The van der Waals surface area contributed by atoms with E-state index in [0.29, 0.717) is 0 Å². The van der Waals surface area contributed by atoms with Gasteiger partial charge in [-0.2, -0.15) is 0 Å². The minimum absolute atomic E-state index is 1.01. The first-order valence-electron chi connectivity index (χ1n) is 5.83. The van der Waals surface area contributed by atoms with Gasteiger partial charge in [0, 0.05) is 23.5 Å². The number of rotatable bonds is 3. The fraction of sp³-hybridized carbons (Fsp3) is 0.429. The van der Waals surface area contributed by atoms with Gasteiger partial charge in [-0.25, -0.2) is 0 Å². The first-order chi connectivity index (χ1) is 7.46. The van der Waals surface area contributed by atoms with E-state index in [1.165, 1.54) is 28.6 Å². The Morgan fingerprint density at radius 3 is 2.62 bits per heavy atom. The number of benzene rings is 1. The highest BCUT2D eigenvalue weighted by Crippen LogP contribution is 2.20. The lowest BCUT2D eigenvalue weighted by molar-refractivity contribution is -0.870. The number of likely N-dealkylation sites (N-methyl/N-ethyl adjacent to an activating group) is 1. The minimum atomic E-state index is 1.01. The second kappa shape index (κ2) is 3.95. The summed E-state index contributed by atoms with van der Waals surface area (Å²) in [6, 6.07) is 6.60. The smallest absolute Gasteiger partial charge is 0.0822 e. The highest BCUT2D eigenvalue weighted by atomic mass is 15.3. The third-order valence-corrected chi connectivity index (χ3v) is 2.97. The summed E-state index contributed by atoms with van der Waals surface area (Å²) in [6.45, 7) is 3.32. The Bertz CT molecular complexity index is 489. The molecule has 1 aromatic carbocycles. The van der Waals surface area contributed by atoms with Gasteiger partial charge in [-0.15, -0.1) is 0 Å². The largest absolute Gasteiger partial charge is 0.361 e. The standard InChI is InChI=1S/C14H21N2/c1-11-5-6-14-13(9-11)12(10-15-14)7-8-16(2,3)4/h5-6,9-10,15H,7-8H2,1-4H3/q+1. The Hall–Kier alpha value is -1.28. The molecule has 16 heavy (non-hydrogen) atoms. The number of aryl methyl sites for hydroxylation is 1. The van der Waals surface area contributed by atoms with Crippen LogP contribution in [0.5, 0.6) is 0 Å². The summed E-state index contributed by atoms with van der Waals surface area (Å²) < 4.78 is 1.01. The summed E-state index contributed by atoms with van der Waals surface area (Å²) in [7, 11) is 6.71. The van der Waals surface area contributed by atoms with Gasteiger partial charge in [0.15, 0.2) is 0 Å². The van der Waals surface area contributed by atoms with Crippen molar-refractivity contribution in [3.05, 3.63) is 35.5 Å². The first kappa shape index (κ1) is 11.2. The van der Waals surface area contributed by atoms with E-state index in [1.807, 2.05) is 0 Å². The topological polar surface area (TPSA) is 15.8 Å². The number of nitrogens with one attached hydrogen (secondary N) is 1. The molecule has 0 atom stereocenters. The van der Waals surface area contributed by atoms with Crippen molar-refractivity contribution in [1.82, 2.24) is 4.98 Å². The number of H-pyrrole nitrogens is 1. The van der Waals surface area contributed by atoms with E-state index in [-0.39, 0.29) is 0 Å². The van der Waals surface area contributed by atoms with E-state index in [9.17, 15) is 0 Å². The van der Waals surface area contributed by atoms with Crippen LogP contribution in [0.3, 0.4) is 0 Å². The van der Waals surface area contributed by atoms with Gasteiger partial charge in [0.2, 0.25) is 0 Å². The zero-order chi connectivity index (χ0) is 11.8. The maximum absolute atomic E-state index is 3.34. The summed E-state index contributed by atoms with van der Waals surface area (Å²) in [5.41, 5.74) is 4.02. The molecule has 1 heterocycles. The van der Waals surface area contributed by atoms with Crippen molar-refractivity contribution in [2.75, 3.05) is 27.7 Å². The van der Waals surface area contributed by atoms with Gasteiger partial charge in [-0.3, -0.25) is 0 Å². The first-order valence-corrected chi connectivity index (χ1v) is 5.83. The fourth-order valence-corrected chi connectivity index (χ4v) is 1.95. The second-order valence-corrected chi connectivity index (χ2v) is 5.63. The van der Waals surface area contributed by atoms with Gasteiger partial charge in [0.05, 0.1) is 27.7 Å². The van der Waals surface area contributed by atoms with Crippen molar-refractivity contribution in [3.63, 3.8) is 0 Å². The lowest BCUT2D eigenvalue weighted by atomic mass is 10.1. The molecule has 0 radical (unpaired) electrons. The normalized spacial score (nSPS) is 12.2. The van der Waals surface area contributed by atoms with E-state index in [2.05, 4.69) is 57.4 Å². The molecule has 86 valence electrons. The fourth-order valence-electron chi connectivity index (χ4n) is 1.95. The van der Waals surface area contributed by atoms with E-state index in [1.54, 1.807) is 0 Å². The Labute approximate surface area is 97.5 Å². The average Bonchev–Trinajstić information content (AvgIpc) is 2.56. The van der Waals surface area contributed by atoms with Gasteiger partial charge < -0.3 is 9.47 Å². The van der Waals surface area contributed by atoms with Gasteiger partial charge >= 0.3 is 0 Å². The molecule has 1 N–H and O–H groups in total. The maximum atomic E-state index is 3.34. The molecule has 1 aromatic heterocycles. The van der Waals surface area contributed by atoms with Crippen LogP contribution in [0.25, 0.3) is 10.9 Å². The van der Waals surface area contributed by atoms with Crippen molar-refractivity contribution in [1.29, 1.82) is 0 Å². The number of aromatic amines is 1. The van der Waals surface area contributed by atoms with Crippen LogP contribution in [0.15, 0.2) is 24.4 Å². The number of hydrogen-bond acceptors (Lipinski definition) is 0. The lowest BCUT2D eigenvalue weighted by Crippen LogP contribution is -2.36. The third-order valence-electron chi connectivity index (χ3n) is 2.97. The summed E-state index contributed by atoms with van der Waals surface area (Å²) in [4.78, 5) is 3.34. The van der Waals surface area contributed by atoms with Gasteiger partial charge in [0.25, 0.3) is 0 Å². The quantitative estimate of drug-likeness (QED) is 0.761. The highest BCUT2D eigenvalue weighted by molar-refractivity contribution is 5.83. The van der Waals surface area contributed by atoms with Gasteiger partial charge in [-0.05, 0) is 24.6 Å². The van der Waals surface area contributed by atoms with Crippen molar-refractivity contribution < 1.29 is 4.48 Å². The molecule has 0 unspecified atom stereocenters. The van der Waals surface area contributed by atoms with Crippen molar-refractivity contribution in [2.45, 2.75) is 13.3 Å². The van der Waals surface area contributed by atoms with Crippen LogP contribution in [0.2, 0.25) is 0 Å². The van der Waals surface area contributed by atoms with E-state index in [4.69, 9.17) is 0 Å². The molecule has 2 heteroatoms. The molecule has 2 nitrogen and oxygen atoms in total. The van der Waals surface area contributed by atoms with Crippen LogP contribution in [-0.4, -0.2) is 37.2 Å². The second-order valence-electron chi connectivity index (χ2n) is 5.63. The Morgan fingerprint density at radius 1 is 1.19 bits per heavy atom. The average molecular weight is 217 g/mol. The number of nitrogens with zero attached hydrogens (tertiary/aromatic N) is 1. The highest BCUT2D eigenvalue weighted by Gasteiger charge is 2.10. The molecule has 2 rings (SSSR count). The number of aromatic nitrogens is 1. The zero-order valence-corrected chi connectivity index (χ0v) is 10.7. The zero-order valence-electron chi connectivity index (χ0n) is 10.7. The molecule has 0 aliphatic rings. The van der Waals surface area contributed by atoms with Gasteiger partial charge in [-0.1, -0.05) is 11.6 Å². The molecule has 0 spiro atoms. The van der Waals surface area contributed by atoms with E-state index in [0.717, 1.165) is 10.9 Å². The Balaban J connectivity index is 2.28. The molecular weight excluding hydrogens is 196 g/mol. The Kier molecular flexibility index (Phi) is 2.76. The molecule has 0 aliphatic carbocycles. The van der Waals surface area contributed by atoms with Crippen LogP contribution in [0, 0.1) is 6.92 Å². The summed E-state index contributed by atoms with van der Waals surface area (Å²) >= 11 is 0. The number of quaternary nitrogens is 1. The molecule has 0 saturated carbocycles. The lowest BCUT2D eigenvalue weighted by Gasteiger charge is -2.23. The van der Waals surface area contributed by atoms with Crippen molar-refractivity contribution in [3.8, 4) is 0 Å². The molecule has 0 fully saturated rings. The molecule has 2 aromatic rings. The van der Waals surface area contributed by atoms with Crippen LogP contribution in [0.1, 0.15) is 11.1 Å². The predicted octanol–water partition coefficient (Wildman–Crippen LogP) is 2.73. The van der Waals surface area contributed by atoms with Crippen LogP contribution < -0.4 is 0 Å². The molecule has 0 aliphatic heterocycles. The van der Waals surface area contributed by atoms with Gasteiger partial charge in [0.1, 0.15) is 0 Å². The SMILES string of the molecule is Cc1ccc2[nH]cc(CC[N+](C)(C)C)c2c1. The molecule has 0 amide bonds. The third kappa shape index (κ3) is 2.45. The summed E-state index contributed by atoms with van der Waals surface area (Å²) in [5.74, 6) is 0. The number of fused-ring (bicyclic) bond motifs is 1. The number of hydrogen-bond donors (Lipinski definition) is 1. The molecular formula is C14H21N2+. The Morgan fingerprint density at radius 2 is 1.94 bits per heavy atom. The van der Waals surface area contributed by atoms with Crippen molar-refractivity contribution >= 4 is 10.9 Å². The van der Waals surface area contributed by atoms with Crippen LogP contribution in [-0.2, 0) is 6.42 Å². The molecule has 0 saturated heterocycles. The molecule has 0 bridgehead atoms. The van der Waals surface area contributed by atoms with Crippen molar-refractivity contribution in [2.24, 2.45) is 0 Å². The monoisotopic (exact) mass is 217 g/mol. The van der Waals surface area contributed by atoms with E-state index < -0.39 is 0 Å². The maximum Gasteiger partial charge on any atom is 0.0822 e. The van der Waals surface area contributed by atoms with E-state index >= 15 is 0 Å². The van der Waals surface area contributed by atoms with Crippen LogP contribution in [0.4, 0.5) is 0 Å². The predicted molar refractivity (Wildman–Crippen MR) is 69.6 cm³/mol. The minimum Gasteiger partial charge on any atom is -0.361 e. The van der Waals surface area contributed by atoms with Crippen LogP contribution >= 0.6 is 0 Å². The summed E-state index contributed by atoms with van der Waals surface area (Å²) in [5, 5.41) is 1.38.